The predicted octanol–water partition coefficient (Wildman–Crippen LogP) is 2.87. The number of hydrogen-bond acceptors (Lipinski definition) is 3. The molecule has 0 saturated carbocycles. The van der Waals surface area contributed by atoms with Crippen LogP contribution in [0.1, 0.15) is 59.8 Å². The number of nitrogens with zero attached hydrogens (tertiary/aromatic N) is 2. The van der Waals surface area contributed by atoms with Gasteiger partial charge in [0.25, 0.3) is 10.2 Å². The molecule has 0 aromatic rings. The number of fused-ring (bicyclic) bond motifs is 2. The first-order valence-corrected chi connectivity index (χ1v) is 10.7. The molecule has 7 heteroatoms. The van der Waals surface area contributed by atoms with Crippen LogP contribution in [-0.4, -0.2) is 55.3 Å². The third kappa shape index (κ3) is 5.56. The highest BCUT2D eigenvalue weighted by molar-refractivity contribution is 7.86. The minimum Gasteiger partial charge on any atom is -0.315 e. The van der Waals surface area contributed by atoms with Gasteiger partial charge in [0.15, 0.2) is 0 Å². The zero-order chi connectivity index (χ0) is 17.0. The van der Waals surface area contributed by atoms with Gasteiger partial charge < -0.3 is 5.32 Å². The molecule has 2 heterocycles. The molecule has 1 N–H and O–H groups in total. The van der Waals surface area contributed by atoms with Crippen LogP contribution < -0.4 is 5.32 Å². The van der Waals surface area contributed by atoms with E-state index in [0.29, 0.717) is 24.9 Å². The molecule has 2 fully saturated rings. The van der Waals surface area contributed by atoms with Crippen molar-refractivity contribution in [1.29, 1.82) is 0 Å². The molecule has 0 aromatic heterocycles. The average molecular weight is 382 g/mol. The molecule has 0 spiro atoms. The lowest BCUT2D eigenvalue weighted by atomic mass is 10.1. The molecule has 2 saturated heterocycles. The minimum atomic E-state index is -3.35. The van der Waals surface area contributed by atoms with E-state index in [-0.39, 0.29) is 24.5 Å². The summed E-state index contributed by atoms with van der Waals surface area (Å²) in [7, 11) is -3.35. The topological polar surface area (TPSA) is 52.7 Å². The second-order valence-electron chi connectivity index (χ2n) is 7.98. The third-order valence-electron chi connectivity index (χ3n) is 5.09. The van der Waals surface area contributed by atoms with Crippen molar-refractivity contribution < 1.29 is 8.42 Å². The van der Waals surface area contributed by atoms with Gasteiger partial charge in [0.05, 0.1) is 0 Å². The molecule has 2 atom stereocenters. The van der Waals surface area contributed by atoms with Gasteiger partial charge in [-0.2, -0.15) is 17.0 Å². The van der Waals surface area contributed by atoms with Crippen molar-refractivity contribution in [3.63, 3.8) is 0 Å². The van der Waals surface area contributed by atoms with Crippen LogP contribution in [0.2, 0.25) is 0 Å². The largest absolute Gasteiger partial charge is 0.315 e. The molecule has 2 aliphatic heterocycles. The van der Waals surface area contributed by atoms with Crippen molar-refractivity contribution in [1.82, 2.24) is 13.9 Å². The van der Waals surface area contributed by atoms with Crippen LogP contribution >= 0.6 is 12.4 Å². The summed E-state index contributed by atoms with van der Waals surface area (Å²) in [5.74, 6) is 1.04. The first kappa shape index (κ1) is 22.2. The predicted molar refractivity (Wildman–Crippen MR) is 103 cm³/mol. The van der Waals surface area contributed by atoms with Gasteiger partial charge in [-0.05, 0) is 50.5 Å². The molecule has 2 rings (SSSR count). The Morgan fingerprint density at radius 2 is 1.54 bits per heavy atom. The molecule has 0 radical (unpaired) electrons. The van der Waals surface area contributed by atoms with Gasteiger partial charge in [0.1, 0.15) is 0 Å². The molecule has 144 valence electrons. The summed E-state index contributed by atoms with van der Waals surface area (Å²) in [6, 6.07) is 0.341. The zero-order valence-electron chi connectivity index (χ0n) is 15.7. The van der Waals surface area contributed by atoms with Gasteiger partial charge in [-0.25, -0.2) is 0 Å². The number of hydrogen-bond donors (Lipinski definition) is 1. The summed E-state index contributed by atoms with van der Waals surface area (Å²) in [6.07, 6.45) is 4.82. The summed E-state index contributed by atoms with van der Waals surface area (Å²) in [4.78, 5) is 0. The molecular formula is C17H36ClN3O2S. The second-order valence-corrected chi connectivity index (χ2v) is 9.81. The van der Waals surface area contributed by atoms with E-state index < -0.39 is 10.2 Å². The van der Waals surface area contributed by atoms with E-state index in [9.17, 15) is 8.42 Å². The Bertz CT molecular complexity index is 444. The number of halogens is 1. The maximum Gasteiger partial charge on any atom is 0.282 e. The Morgan fingerprint density at radius 3 is 2.08 bits per heavy atom. The van der Waals surface area contributed by atoms with Crippen molar-refractivity contribution >= 4 is 22.6 Å². The fraction of sp³-hybridized carbons (Fsp3) is 1.00. The van der Waals surface area contributed by atoms with E-state index in [2.05, 4.69) is 33.0 Å². The lowest BCUT2D eigenvalue weighted by Crippen LogP contribution is -2.50. The van der Waals surface area contributed by atoms with E-state index in [1.54, 1.807) is 4.31 Å². The molecule has 2 unspecified atom stereocenters. The molecule has 24 heavy (non-hydrogen) atoms. The van der Waals surface area contributed by atoms with Crippen LogP contribution in [0, 0.1) is 11.8 Å². The van der Waals surface area contributed by atoms with E-state index in [1.807, 2.05) is 4.31 Å². The van der Waals surface area contributed by atoms with Gasteiger partial charge in [0, 0.05) is 31.7 Å². The van der Waals surface area contributed by atoms with Crippen molar-refractivity contribution in [2.24, 2.45) is 11.8 Å². The first-order valence-electron chi connectivity index (χ1n) is 9.31. The second kappa shape index (κ2) is 9.72. The molecule has 0 aliphatic carbocycles. The summed E-state index contributed by atoms with van der Waals surface area (Å²) in [5.41, 5.74) is 0. The summed E-state index contributed by atoms with van der Waals surface area (Å²) >= 11 is 0. The molecule has 0 amide bonds. The highest BCUT2D eigenvalue weighted by atomic mass is 35.5. The van der Waals surface area contributed by atoms with Crippen LogP contribution in [0.25, 0.3) is 0 Å². The van der Waals surface area contributed by atoms with Crippen molar-refractivity contribution in [3.05, 3.63) is 0 Å². The maximum absolute atomic E-state index is 13.3. The summed E-state index contributed by atoms with van der Waals surface area (Å²) < 4.78 is 30.3. The van der Waals surface area contributed by atoms with Crippen LogP contribution in [0.5, 0.6) is 0 Å². The molecule has 5 nitrogen and oxygen atoms in total. The van der Waals surface area contributed by atoms with Gasteiger partial charge in [0.2, 0.25) is 0 Å². The quantitative estimate of drug-likeness (QED) is 0.703. The van der Waals surface area contributed by atoms with E-state index in [0.717, 1.165) is 45.2 Å². The fourth-order valence-electron chi connectivity index (χ4n) is 3.60. The fourth-order valence-corrected chi connectivity index (χ4v) is 5.68. The Kier molecular flexibility index (Phi) is 8.97. The third-order valence-corrected chi connectivity index (χ3v) is 7.24. The molecule has 2 bridgehead atoms. The Hall–Kier alpha value is 0.120. The van der Waals surface area contributed by atoms with Crippen LogP contribution in [0.15, 0.2) is 0 Å². The molecule has 0 aromatic carbocycles. The van der Waals surface area contributed by atoms with E-state index >= 15 is 0 Å². The van der Waals surface area contributed by atoms with Crippen molar-refractivity contribution in [2.45, 2.75) is 71.9 Å². The SMILES string of the molecule is CC(C)CCN(CCC(C)C)S(=O)(=O)N1C2CCNCC1CC2.Cl. The van der Waals surface area contributed by atoms with Crippen molar-refractivity contribution in [3.8, 4) is 0 Å². The van der Waals surface area contributed by atoms with Gasteiger partial charge >= 0.3 is 0 Å². The number of rotatable bonds is 8. The van der Waals surface area contributed by atoms with Crippen molar-refractivity contribution in [2.75, 3.05) is 26.2 Å². The Labute approximate surface area is 155 Å². The molecular weight excluding hydrogens is 346 g/mol. The van der Waals surface area contributed by atoms with Gasteiger partial charge in [-0.1, -0.05) is 27.7 Å². The van der Waals surface area contributed by atoms with E-state index in [1.165, 1.54) is 0 Å². The van der Waals surface area contributed by atoms with E-state index in [4.69, 9.17) is 0 Å². The maximum atomic E-state index is 13.3. The minimum absolute atomic E-state index is 0. The summed E-state index contributed by atoms with van der Waals surface area (Å²) in [6.45, 7) is 11.7. The normalized spacial score (nSPS) is 25.3. The summed E-state index contributed by atoms with van der Waals surface area (Å²) in [5, 5.41) is 3.40. The lowest BCUT2D eigenvalue weighted by Gasteiger charge is -2.33. The standard InChI is InChI=1S/C17H35N3O2S.ClH/c1-14(2)8-11-19(12-9-15(3)4)23(21,22)20-16-5-6-17(20)13-18-10-7-16;/h14-18H,5-13H2,1-4H3;1H. The zero-order valence-corrected chi connectivity index (χ0v) is 17.3. The average Bonchev–Trinajstić information content (AvgIpc) is 2.71. The highest BCUT2D eigenvalue weighted by Gasteiger charge is 2.44. The first-order chi connectivity index (χ1) is 10.8. The highest BCUT2D eigenvalue weighted by Crippen LogP contribution is 2.32. The Morgan fingerprint density at radius 1 is 1.00 bits per heavy atom. The molecule has 2 aliphatic rings. The van der Waals surface area contributed by atoms with Crippen LogP contribution in [0.3, 0.4) is 0 Å². The number of nitrogens with one attached hydrogen (secondary N) is 1. The van der Waals surface area contributed by atoms with Crippen LogP contribution in [-0.2, 0) is 10.2 Å². The Balaban J connectivity index is 0.00000288. The smallest absolute Gasteiger partial charge is 0.282 e. The van der Waals surface area contributed by atoms with Gasteiger partial charge in [-0.3, -0.25) is 0 Å². The van der Waals surface area contributed by atoms with Crippen LogP contribution in [0.4, 0.5) is 0 Å². The lowest BCUT2D eigenvalue weighted by molar-refractivity contribution is 0.277. The monoisotopic (exact) mass is 381 g/mol. The van der Waals surface area contributed by atoms with Gasteiger partial charge in [-0.15, -0.1) is 12.4 Å².